The van der Waals surface area contributed by atoms with Crippen LogP contribution in [0.2, 0.25) is 0 Å². The second-order valence-electron chi connectivity index (χ2n) is 5.87. The van der Waals surface area contributed by atoms with Gasteiger partial charge in [-0.2, -0.15) is 5.90 Å². The molecule has 1 amide bonds. The lowest BCUT2D eigenvalue weighted by atomic mass is 10.0. The fourth-order valence-electron chi connectivity index (χ4n) is 2.64. The molecule has 0 saturated carbocycles. The van der Waals surface area contributed by atoms with E-state index in [2.05, 4.69) is 10.2 Å². The van der Waals surface area contributed by atoms with Crippen LogP contribution in [0.25, 0.3) is 0 Å². The van der Waals surface area contributed by atoms with E-state index >= 15 is 0 Å². The highest BCUT2D eigenvalue weighted by Gasteiger charge is 2.30. The van der Waals surface area contributed by atoms with Crippen LogP contribution in [-0.4, -0.2) is 62.5 Å². The van der Waals surface area contributed by atoms with Crippen molar-refractivity contribution in [1.29, 1.82) is 0 Å². The van der Waals surface area contributed by atoms with E-state index in [1.807, 2.05) is 6.92 Å². The minimum Gasteiger partial charge on any atom is -0.382 e. The predicted octanol–water partition coefficient (Wildman–Crippen LogP) is 0.544. The summed E-state index contributed by atoms with van der Waals surface area (Å²) < 4.78 is 5.30. The molecule has 9 heteroatoms. The number of hydrogen-bond donors (Lipinski definition) is 3. The van der Waals surface area contributed by atoms with E-state index in [1.165, 1.54) is 11.9 Å². The van der Waals surface area contributed by atoms with Crippen LogP contribution < -0.4 is 16.9 Å². The van der Waals surface area contributed by atoms with Crippen molar-refractivity contribution in [2.45, 2.75) is 25.8 Å². The molecule has 0 spiro atoms. The van der Waals surface area contributed by atoms with Gasteiger partial charge >= 0.3 is 5.97 Å². The third-order valence-electron chi connectivity index (χ3n) is 4.00. The maximum atomic E-state index is 13.0. The topological polar surface area (TPSA) is 137 Å². The first kappa shape index (κ1) is 22.6. The number of aldehydes is 1. The van der Waals surface area contributed by atoms with Crippen molar-refractivity contribution >= 4 is 23.9 Å². The highest BCUT2D eigenvalue weighted by molar-refractivity contribution is 6.07. The van der Waals surface area contributed by atoms with E-state index in [0.29, 0.717) is 51.1 Å². The van der Waals surface area contributed by atoms with E-state index < -0.39 is 17.9 Å². The van der Waals surface area contributed by atoms with E-state index in [1.54, 1.807) is 18.2 Å². The number of carbonyl (C=O) groups is 3. The number of nitrogens with one attached hydrogen (secondary N) is 1. The van der Waals surface area contributed by atoms with Crippen LogP contribution in [0.3, 0.4) is 0 Å². The van der Waals surface area contributed by atoms with Crippen LogP contribution in [0.4, 0.5) is 5.69 Å². The molecule has 0 aliphatic rings. The fraction of sp³-hybridized carbons (Fsp3) is 0.500. The summed E-state index contributed by atoms with van der Waals surface area (Å²) >= 11 is 0. The summed E-state index contributed by atoms with van der Waals surface area (Å²) in [6, 6.07) is 4.06. The first-order chi connectivity index (χ1) is 13.0. The summed E-state index contributed by atoms with van der Waals surface area (Å²) in [5.74, 6) is 3.81. The number of amides is 1. The molecule has 0 saturated heterocycles. The molecule has 1 aromatic carbocycles. The summed E-state index contributed by atoms with van der Waals surface area (Å²) in [7, 11) is 1.48. The maximum absolute atomic E-state index is 13.0. The number of likely N-dealkylation sites (N-methyl/N-ethyl adjacent to an activating group) is 1. The largest absolute Gasteiger partial charge is 0.382 e. The van der Waals surface area contributed by atoms with E-state index in [-0.39, 0.29) is 11.1 Å². The normalized spacial score (nSPS) is 11.6. The summed E-state index contributed by atoms with van der Waals surface area (Å²) in [6.07, 6.45) is 1.64. The van der Waals surface area contributed by atoms with Crippen molar-refractivity contribution in [2.75, 3.05) is 38.7 Å². The molecule has 9 nitrogen and oxygen atoms in total. The van der Waals surface area contributed by atoms with Crippen LogP contribution >= 0.6 is 0 Å². The average Bonchev–Trinajstić information content (AvgIpc) is 2.69. The molecule has 1 atom stereocenters. The highest BCUT2D eigenvalue weighted by atomic mass is 16.7. The van der Waals surface area contributed by atoms with Crippen molar-refractivity contribution in [3.63, 3.8) is 0 Å². The molecule has 0 aliphatic carbocycles. The van der Waals surface area contributed by atoms with Gasteiger partial charge in [-0.25, -0.2) is 4.79 Å². The smallest absolute Gasteiger partial charge is 0.347 e. The monoisotopic (exact) mass is 380 g/mol. The zero-order chi connectivity index (χ0) is 20.2. The summed E-state index contributed by atoms with van der Waals surface area (Å²) in [5.41, 5.74) is 6.24. The molecule has 150 valence electrons. The van der Waals surface area contributed by atoms with Crippen LogP contribution in [0.15, 0.2) is 18.2 Å². The van der Waals surface area contributed by atoms with Crippen LogP contribution in [0.1, 0.15) is 40.5 Å². The number of ether oxygens (including phenoxy) is 1. The Labute approximate surface area is 158 Å². The first-order valence-electron chi connectivity index (χ1n) is 8.79. The Kier molecular flexibility index (Phi) is 10.0. The standard InChI is InChI=1S/C18H28N4O5/c1-3-5-15(18(25)27-20)22(2)17(24)16-13(12-23)6-4-7-14(16)21-9-11-26-10-8-19/h4,6-7,12,15,21H,3,5,8-11,19-20H2,1-2H3. The quantitative estimate of drug-likeness (QED) is 0.271. The molecule has 5 N–H and O–H groups in total. The predicted molar refractivity (Wildman–Crippen MR) is 101 cm³/mol. The van der Waals surface area contributed by atoms with Gasteiger partial charge in [0.1, 0.15) is 6.04 Å². The molecule has 27 heavy (non-hydrogen) atoms. The Balaban J connectivity index is 3.08. The lowest BCUT2D eigenvalue weighted by Crippen LogP contribution is -2.44. The van der Waals surface area contributed by atoms with Gasteiger partial charge in [0.15, 0.2) is 6.29 Å². The lowest BCUT2D eigenvalue weighted by molar-refractivity contribution is -0.149. The van der Waals surface area contributed by atoms with E-state index in [4.69, 9.17) is 16.4 Å². The molecule has 1 unspecified atom stereocenters. The lowest BCUT2D eigenvalue weighted by Gasteiger charge is -2.27. The Morgan fingerprint density at radius 1 is 1.33 bits per heavy atom. The minimum absolute atomic E-state index is 0.180. The molecule has 0 heterocycles. The number of nitrogens with zero attached hydrogens (tertiary/aromatic N) is 1. The third kappa shape index (κ3) is 6.31. The number of hydrogen-bond acceptors (Lipinski definition) is 8. The first-order valence-corrected chi connectivity index (χ1v) is 8.79. The SMILES string of the molecule is CCCC(C(=O)ON)N(C)C(=O)c1c(C=O)cccc1NCCOCCN. The zero-order valence-electron chi connectivity index (χ0n) is 15.8. The number of anilines is 1. The molecule has 0 radical (unpaired) electrons. The van der Waals surface area contributed by atoms with Crippen molar-refractivity contribution in [1.82, 2.24) is 4.90 Å². The maximum Gasteiger partial charge on any atom is 0.347 e. The van der Waals surface area contributed by atoms with Crippen molar-refractivity contribution in [3.8, 4) is 0 Å². The Hall–Kier alpha value is -2.49. The number of rotatable bonds is 12. The van der Waals surface area contributed by atoms with Gasteiger partial charge in [-0.1, -0.05) is 25.5 Å². The van der Waals surface area contributed by atoms with E-state index in [0.717, 1.165) is 0 Å². The molecule has 0 aliphatic heterocycles. The molecular formula is C18H28N4O5. The molecule has 0 aromatic heterocycles. The van der Waals surface area contributed by atoms with Gasteiger partial charge in [0.2, 0.25) is 0 Å². The van der Waals surface area contributed by atoms with Crippen LogP contribution in [0, 0.1) is 0 Å². The fourth-order valence-corrected chi connectivity index (χ4v) is 2.64. The minimum atomic E-state index is -0.840. The van der Waals surface area contributed by atoms with Crippen molar-refractivity contribution in [3.05, 3.63) is 29.3 Å². The van der Waals surface area contributed by atoms with Gasteiger partial charge in [0.25, 0.3) is 5.91 Å². The summed E-state index contributed by atoms with van der Waals surface area (Å²) in [5, 5.41) is 3.08. The third-order valence-corrected chi connectivity index (χ3v) is 4.00. The Bertz CT molecular complexity index is 638. The molecular weight excluding hydrogens is 352 g/mol. The zero-order valence-corrected chi connectivity index (χ0v) is 15.8. The molecule has 0 fully saturated rings. The summed E-state index contributed by atoms with van der Waals surface area (Å²) in [6.45, 7) is 3.55. The Morgan fingerprint density at radius 2 is 2.07 bits per heavy atom. The molecule has 1 rings (SSSR count). The number of benzene rings is 1. The van der Waals surface area contributed by atoms with Gasteiger partial charge in [0.05, 0.1) is 18.8 Å². The van der Waals surface area contributed by atoms with Gasteiger partial charge in [0, 0.05) is 31.4 Å². The van der Waals surface area contributed by atoms with Gasteiger partial charge in [-0.3, -0.25) is 9.59 Å². The van der Waals surface area contributed by atoms with Gasteiger partial charge in [-0.05, 0) is 12.5 Å². The Morgan fingerprint density at radius 3 is 2.67 bits per heavy atom. The van der Waals surface area contributed by atoms with Crippen LogP contribution in [-0.2, 0) is 14.4 Å². The van der Waals surface area contributed by atoms with Gasteiger partial charge < -0.3 is 25.5 Å². The van der Waals surface area contributed by atoms with Crippen molar-refractivity contribution in [2.24, 2.45) is 11.6 Å². The van der Waals surface area contributed by atoms with Crippen LogP contribution in [0.5, 0.6) is 0 Å². The summed E-state index contributed by atoms with van der Waals surface area (Å²) in [4.78, 5) is 42.0. The second-order valence-corrected chi connectivity index (χ2v) is 5.87. The van der Waals surface area contributed by atoms with E-state index in [9.17, 15) is 14.4 Å². The second kappa shape index (κ2) is 12.0. The van der Waals surface area contributed by atoms with Gasteiger partial charge in [-0.15, -0.1) is 0 Å². The number of nitrogens with two attached hydrogens (primary N) is 2. The molecule has 0 bridgehead atoms. The number of carbonyl (C=O) groups excluding carboxylic acids is 3. The van der Waals surface area contributed by atoms with Crippen molar-refractivity contribution < 1.29 is 24.0 Å². The molecule has 1 aromatic rings. The highest BCUT2D eigenvalue weighted by Crippen LogP contribution is 2.22. The average molecular weight is 380 g/mol.